The lowest BCUT2D eigenvalue weighted by Gasteiger charge is -2.10. The first kappa shape index (κ1) is 16.1. The third-order valence-electron chi connectivity index (χ3n) is 3.76. The molecular weight excluding hydrogens is 328 g/mol. The van der Waals surface area contributed by atoms with Crippen LogP contribution in [0.5, 0.6) is 5.75 Å². The second-order valence-electron chi connectivity index (χ2n) is 5.36. The van der Waals surface area contributed by atoms with Crippen LogP contribution in [0.2, 0.25) is 5.02 Å². The van der Waals surface area contributed by atoms with Crippen LogP contribution in [0, 0.1) is 6.92 Å². The minimum absolute atomic E-state index is 0.0166. The molecule has 3 N–H and O–H groups in total. The number of phenolic OH excluding ortho intramolecular Hbond substituents is 1. The summed E-state index contributed by atoms with van der Waals surface area (Å²) in [5.74, 6) is -0.0166. The number of aromatic nitrogens is 2. The van der Waals surface area contributed by atoms with Crippen LogP contribution in [-0.2, 0) is 13.1 Å². The van der Waals surface area contributed by atoms with Gasteiger partial charge in [-0.3, -0.25) is 0 Å². The molecule has 3 rings (SSSR count). The van der Waals surface area contributed by atoms with E-state index in [-0.39, 0.29) is 23.3 Å². The van der Waals surface area contributed by atoms with Gasteiger partial charge in [-0.15, -0.1) is 0 Å². The second-order valence-corrected chi connectivity index (χ2v) is 5.76. The summed E-state index contributed by atoms with van der Waals surface area (Å²) < 4.78 is 1.94. The van der Waals surface area contributed by atoms with Gasteiger partial charge in [0.15, 0.2) is 0 Å². The molecule has 0 radical (unpaired) electrons. The largest absolute Gasteiger partial charge is 0.506 e. The number of carbonyl (C=O) groups is 1. The molecule has 3 aromatic rings. The van der Waals surface area contributed by atoms with Gasteiger partial charge in [0, 0.05) is 18.3 Å². The predicted octanol–water partition coefficient (Wildman–Crippen LogP) is 3.00. The highest BCUT2D eigenvalue weighted by molar-refractivity contribution is 6.32. The summed E-state index contributed by atoms with van der Waals surface area (Å²) in [4.78, 5) is 16.4. The molecule has 0 unspecified atom stereocenters. The summed E-state index contributed by atoms with van der Waals surface area (Å²) in [6.07, 6.45) is 1.91. The Morgan fingerprint density at radius 3 is 2.83 bits per heavy atom. The molecule has 0 aliphatic carbocycles. The monoisotopic (exact) mass is 344 g/mol. The van der Waals surface area contributed by atoms with E-state index in [1.165, 1.54) is 0 Å². The fourth-order valence-electron chi connectivity index (χ4n) is 2.48. The van der Waals surface area contributed by atoms with Crippen LogP contribution in [-0.4, -0.2) is 20.5 Å². The number of amides is 2. The van der Waals surface area contributed by atoms with E-state index in [0.717, 1.165) is 17.0 Å². The number of aromatic hydroxyl groups is 1. The Morgan fingerprint density at radius 2 is 2.00 bits per heavy atom. The number of rotatable bonds is 4. The van der Waals surface area contributed by atoms with E-state index >= 15 is 0 Å². The Labute approximate surface area is 144 Å². The molecule has 0 aliphatic rings. The van der Waals surface area contributed by atoms with E-state index in [1.807, 2.05) is 35.7 Å². The molecule has 0 aliphatic heterocycles. The van der Waals surface area contributed by atoms with Gasteiger partial charge in [0.05, 0.1) is 23.0 Å². The van der Waals surface area contributed by atoms with Crippen LogP contribution in [0.25, 0.3) is 5.65 Å². The molecule has 124 valence electrons. The summed E-state index contributed by atoms with van der Waals surface area (Å²) in [5.41, 5.74) is 3.19. The molecule has 0 saturated heterocycles. The standard InChI is InChI=1S/C17H17ClN4O2/c1-11-14(22-8-3-2-7-15(22)21-11)10-20-17(24)19-9-12-5-4-6-13(18)16(12)23/h2-8,23H,9-10H2,1H3,(H2,19,20,24). The van der Waals surface area contributed by atoms with Crippen LogP contribution >= 0.6 is 11.6 Å². The maximum atomic E-state index is 12.0. The number of hydrogen-bond donors (Lipinski definition) is 3. The Balaban J connectivity index is 1.61. The van der Waals surface area contributed by atoms with E-state index in [4.69, 9.17) is 11.6 Å². The molecule has 24 heavy (non-hydrogen) atoms. The van der Waals surface area contributed by atoms with Crippen LogP contribution in [0.1, 0.15) is 17.0 Å². The maximum Gasteiger partial charge on any atom is 0.315 e. The molecule has 0 atom stereocenters. The molecule has 2 amide bonds. The third-order valence-corrected chi connectivity index (χ3v) is 4.06. The lowest BCUT2D eigenvalue weighted by molar-refractivity contribution is 0.240. The molecule has 0 spiro atoms. The number of phenols is 1. The summed E-state index contributed by atoms with van der Waals surface area (Å²) >= 11 is 5.84. The Hall–Kier alpha value is -2.73. The first-order valence-electron chi connectivity index (χ1n) is 7.47. The van der Waals surface area contributed by atoms with Crippen molar-refractivity contribution in [1.29, 1.82) is 0 Å². The molecule has 1 aromatic carbocycles. The number of para-hydroxylation sites is 1. The van der Waals surface area contributed by atoms with Gasteiger partial charge in [-0.25, -0.2) is 9.78 Å². The molecule has 2 heterocycles. The quantitative estimate of drug-likeness (QED) is 0.680. The predicted molar refractivity (Wildman–Crippen MR) is 92.1 cm³/mol. The number of nitrogens with zero attached hydrogens (tertiary/aromatic N) is 2. The van der Waals surface area contributed by atoms with Crippen molar-refractivity contribution in [3.63, 3.8) is 0 Å². The molecular formula is C17H17ClN4O2. The molecule has 2 aromatic heterocycles. The number of urea groups is 1. The van der Waals surface area contributed by atoms with Crippen molar-refractivity contribution in [2.45, 2.75) is 20.0 Å². The van der Waals surface area contributed by atoms with Gasteiger partial charge in [0.1, 0.15) is 11.4 Å². The maximum absolute atomic E-state index is 12.0. The van der Waals surface area contributed by atoms with Crippen molar-refractivity contribution >= 4 is 23.3 Å². The average Bonchev–Trinajstić information content (AvgIpc) is 2.89. The Bertz CT molecular complexity index is 891. The van der Waals surface area contributed by atoms with E-state index in [0.29, 0.717) is 12.1 Å². The summed E-state index contributed by atoms with van der Waals surface area (Å²) in [6.45, 7) is 2.45. The van der Waals surface area contributed by atoms with Crippen molar-refractivity contribution in [2.75, 3.05) is 0 Å². The molecule has 7 heteroatoms. The van der Waals surface area contributed by atoms with Crippen LogP contribution in [0.4, 0.5) is 4.79 Å². The minimum atomic E-state index is -0.334. The fraction of sp³-hybridized carbons (Fsp3) is 0.176. The molecule has 0 fully saturated rings. The van der Waals surface area contributed by atoms with Crippen molar-refractivity contribution < 1.29 is 9.90 Å². The number of halogens is 1. The SMILES string of the molecule is Cc1nc2ccccn2c1CNC(=O)NCc1cccc(Cl)c1O. The van der Waals surface area contributed by atoms with E-state index in [2.05, 4.69) is 15.6 Å². The minimum Gasteiger partial charge on any atom is -0.506 e. The van der Waals surface area contributed by atoms with Gasteiger partial charge in [-0.1, -0.05) is 29.8 Å². The summed E-state index contributed by atoms with van der Waals surface area (Å²) in [5, 5.41) is 15.6. The van der Waals surface area contributed by atoms with Crippen molar-refractivity contribution in [3.8, 4) is 5.75 Å². The summed E-state index contributed by atoms with van der Waals surface area (Å²) in [6, 6.07) is 10.4. The van der Waals surface area contributed by atoms with Crippen LogP contribution in [0.3, 0.4) is 0 Å². The zero-order chi connectivity index (χ0) is 17.1. The van der Waals surface area contributed by atoms with Gasteiger partial charge in [-0.2, -0.15) is 0 Å². The smallest absolute Gasteiger partial charge is 0.315 e. The normalized spacial score (nSPS) is 10.8. The second kappa shape index (κ2) is 6.80. The average molecular weight is 345 g/mol. The number of benzene rings is 1. The number of carbonyl (C=O) groups excluding carboxylic acids is 1. The van der Waals surface area contributed by atoms with E-state index in [9.17, 15) is 9.90 Å². The number of fused-ring (bicyclic) bond motifs is 1. The van der Waals surface area contributed by atoms with Gasteiger partial charge < -0.3 is 20.1 Å². The first-order valence-corrected chi connectivity index (χ1v) is 7.84. The van der Waals surface area contributed by atoms with Crippen molar-refractivity contribution in [1.82, 2.24) is 20.0 Å². The number of pyridine rings is 1. The number of hydrogen-bond acceptors (Lipinski definition) is 3. The zero-order valence-corrected chi connectivity index (χ0v) is 13.8. The lowest BCUT2D eigenvalue weighted by Crippen LogP contribution is -2.35. The van der Waals surface area contributed by atoms with Gasteiger partial charge >= 0.3 is 6.03 Å². The topological polar surface area (TPSA) is 78.7 Å². The zero-order valence-electron chi connectivity index (χ0n) is 13.1. The van der Waals surface area contributed by atoms with Gasteiger partial charge in [0.2, 0.25) is 0 Å². The van der Waals surface area contributed by atoms with E-state index in [1.54, 1.807) is 18.2 Å². The number of imidazole rings is 1. The Morgan fingerprint density at radius 1 is 1.21 bits per heavy atom. The van der Waals surface area contributed by atoms with Crippen molar-refractivity contribution in [2.24, 2.45) is 0 Å². The number of nitrogens with one attached hydrogen (secondary N) is 2. The lowest BCUT2D eigenvalue weighted by atomic mass is 10.2. The molecule has 0 bridgehead atoms. The number of aryl methyl sites for hydroxylation is 1. The highest BCUT2D eigenvalue weighted by Crippen LogP contribution is 2.26. The first-order chi connectivity index (χ1) is 11.6. The van der Waals surface area contributed by atoms with Crippen molar-refractivity contribution in [3.05, 3.63) is 64.6 Å². The summed E-state index contributed by atoms with van der Waals surface area (Å²) in [7, 11) is 0. The van der Waals surface area contributed by atoms with Gasteiger partial charge in [-0.05, 0) is 25.1 Å². The van der Waals surface area contributed by atoms with Crippen LogP contribution in [0.15, 0.2) is 42.6 Å². The highest BCUT2D eigenvalue weighted by atomic mass is 35.5. The fourth-order valence-corrected chi connectivity index (χ4v) is 2.68. The van der Waals surface area contributed by atoms with E-state index < -0.39 is 0 Å². The third kappa shape index (κ3) is 3.28. The molecule has 0 saturated carbocycles. The Kier molecular flexibility index (Phi) is 4.57. The highest BCUT2D eigenvalue weighted by Gasteiger charge is 2.10. The molecule has 6 nitrogen and oxygen atoms in total. The van der Waals surface area contributed by atoms with Crippen LogP contribution < -0.4 is 10.6 Å². The van der Waals surface area contributed by atoms with Gasteiger partial charge in [0.25, 0.3) is 0 Å².